The van der Waals surface area contributed by atoms with Crippen LogP contribution in [-0.2, 0) is 0 Å². The van der Waals surface area contributed by atoms with E-state index in [-0.39, 0.29) is 10.8 Å². The molecular formula is C11H16ClN5O. The minimum Gasteiger partial charge on any atom is -0.474 e. The van der Waals surface area contributed by atoms with Crippen LogP contribution < -0.4 is 4.74 Å². The van der Waals surface area contributed by atoms with Gasteiger partial charge in [0.25, 0.3) is 0 Å². The highest BCUT2D eigenvalue weighted by Gasteiger charge is 2.22. The van der Waals surface area contributed by atoms with Gasteiger partial charge in [0.05, 0.1) is 6.33 Å². The summed E-state index contributed by atoms with van der Waals surface area (Å²) < 4.78 is 5.74. The molecule has 0 spiro atoms. The first-order chi connectivity index (χ1) is 8.40. The number of hydrogen-bond donors (Lipinski definition) is 1. The molecule has 2 aromatic rings. The zero-order chi connectivity index (χ0) is 13.3. The molecule has 0 amide bonds. The van der Waals surface area contributed by atoms with Gasteiger partial charge in [0.2, 0.25) is 11.2 Å². The molecule has 2 aromatic heterocycles. The standard InChI is InChI=1S/C11H16ClN5O/c1-11(2,17(3)4)5-18-9-7-8(14-6-13-7)15-10(12)16-9/h6H,5H2,1-4H3,(H,13,14,15,16). The fraction of sp³-hybridized carbons (Fsp3) is 0.545. The van der Waals surface area contributed by atoms with Gasteiger partial charge >= 0.3 is 0 Å². The van der Waals surface area contributed by atoms with Gasteiger partial charge in [-0.25, -0.2) is 4.98 Å². The number of ether oxygens (including phenoxy) is 1. The average Bonchev–Trinajstić information content (AvgIpc) is 2.73. The summed E-state index contributed by atoms with van der Waals surface area (Å²) in [4.78, 5) is 17.1. The fourth-order valence-corrected chi connectivity index (χ4v) is 1.42. The molecule has 18 heavy (non-hydrogen) atoms. The zero-order valence-corrected chi connectivity index (χ0v) is 11.6. The molecule has 6 nitrogen and oxygen atoms in total. The molecule has 1 N–H and O–H groups in total. The summed E-state index contributed by atoms with van der Waals surface area (Å²) in [5.41, 5.74) is 1.06. The van der Waals surface area contributed by atoms with E-state index in [1.165, 1.54) is 0 Å². The second-order valence-corrected chi connectivity index (χ2v) is 5.23. The summed E-state index contributed by atoms with van der Waals surface area (Å²) in [6.07, 6.45) is 1.54. The Morgan fingerprint density at radius 1 is 1.39 bits per heavy atom. The van der Waals surface area contributed by atoms with E-state index in [1.807, 2.05) is 14.1 Å². The molecule has 0 saturated carbocycles. The first-order valence-corrected chi connectivity index (χ1v) is 5.95. The summed E-state index contributed by atoms with van der Waals surface area (Å²) in [5, 5.41) is 0.132. The number of halogens is 1. The van der Waals surface area contributed by atoms with E-state index in [4.69, 9.17) is 16.3 Å². The summed E-state index contributed by atoms with van der Waals surface area (Å²) >= 11 is 5.83. The highest BCUT2D eigenvalue weighted by Crippen LogP contribution is 2.22. The average molecular weight is 270 g/mol. The van der Waals surface area contributed by atoms with Crippen molar-refractivity contribution < 1.29 is 4.74 Å². The highest BCUT2D eigenvalue weighted by molar-refractivity contribution is 6.28. The van der Waals surface area contributed by atoms with Gasteiger partial charge in [-0.05, 0) is 39.5 Å². The molecule has 7 heteroatoms. The maximum absolute atomic E-state index is 5.83. The minimum atomic E-state index is -0.107. The van der Waals surface area contributed by atoms with Gasteiger partial charge in [-0.2, -0.15) is 9.97 Å². The zero-order valence-electron chi connectivity index (χ0n) is 10.9. The van der Waals surface area contributed by atoms with Crippen LogP contribution in [0.5, 0.6) is 5.88 Å². The van der Waals surface area contributed by atoms with Gasteiger partial charge in [0.1, 0.15) is 12.1 Å². The summed E-state index contributed by atoms with van der Waals surface area (Å²) in [5.74, 6) is 0.428. The SMILES string of the molecule is CN(C)C(C)(C)COc1nc(Cl)nc2nc[nH]c12. The van der Waals surface area contributed by atoms with Gasteiger partial charge in [-0.15, -0.1) is 0 Å². The first-order valence-electron chi connectivity index (χ1n) is 5.57. The molecule has 0 fully saturated rings. The van der Waals surface area contributed by atoms with E-state index in [1.54, 1.807) is 6.33 Å². The fourth-order valence-electron chi connectivity index (χ4n) is 1.26. The van der Waals surface area contributed by atoms with Crippen molar-refractivity contribution in [2.45, 2.75) is 19.4 Å². The monoisotopic (exact) mass is 269 g/mol. The number of nitrogens with one attached hydrogen (secondary N) is 1. The van der Waals surface area contributed by atoms with Gasteiger partial charge in [0.15, 0.2) is 5.65 Å². The lowest BCUT2D eigenvalue weighted by Crippen LogP contribution is -2.43. The minimum absolute atomic E-state index is 0.107. The molecule has 0 radical (unpaired) electrons. The number of nitrogens with zero attached hydrogens (tertiary/aromatic N) is 4. The molecule has 0 unspecified atom stereocenters. The van der Waals surface area contributed by atoms with Crippen LogP contribution in [0.4, 0.5) is 0 Å². The molecule has 2 heterocycles. The van der Waals surface area contributed by atoms with Crippen molar-refractivity contribution in [3.05, 3.63) is 11.6 Å². The number of likely N-dealkylation sites (N-methyl/N-ethyl adjacent to an activating group) is 1. The molecule has 2 rings (SSSR count). The van der Waals surface area contributed by atoms with E-state index in [9.17, 15) is 0 Å². The maximum Gasteiger partial charge on any atom is 0.244 e. The molecule has 0 aliphatic carbocycles. The highest BCUT2D eigenvalue weighted by atomic mass is 35.5. The molecule has 0 saturated heterocycles. The lowest BCUT2D eigenvalue weighted by atomic mass is 10.1. The van der Waals surface area contributed by atoms with Gasteiger partial charge in [-0.1, -0.05) is 0 Å². The van der Waals surface area contributed by atoms with Crippen LogP contribution in [0.1, 0.15) is 13.8 Å². The number of imidazole rings is 1. The molecule has 98 valence electrons. The maximum atomic E-state index is 5.83. The number of fused-ring (bicyclic) bond motifs is 1. The number of aromatic amines is 1. The third kappa shape index (κ3) is 2.54. The van der Waals surface area contributed by atoms with Crippen LogP contribution >= 0.6 is 11.6 Å². The molecule has 0 aliphatic rings. The lowest BCUT2D eigenvalue weighted by Gasteiger charge is -2.31. The smallest absolute Gasteiger partial charge is 0.244 e. The van der Waals surface area contributed by atoms with Crippen LogP contribution in [0.25, 0.3) is 11.2 Å². The van der Waals surface area contributed by atoms with Crippen LogP contribution in [0.2, 0.25) is 5.28 Å². The van der Waals surface area contributed by atoms with Crippen molar-refractivity contribution in [3.63, 3.8) is 0 Å². The Morgan fingerprint density at radius 2 is 2.11 bits per heavy atom. The Balaban J connectivity index is 2.24. The van der Waals surface area contributed by atoms with Crippen molar-refractivity contribution in [1.82, 2.24) is 24.8 Å². The molecule has 0 aliphatic heterocycles. The molecular weight excluding hydrogens is 254 g/mol. The Morgan fingerprint density at radius 3 is 2.78 bits per heavy atom. The van der Waals surface area contributed by atoms with Crippen LogP contribution in [0.15, 0.2) is 6.33 Å². The second-order valence-electron chi connectivity index (χ2n) is 4.89. The Bertz CT molecular complexity index is 551. The van der Waals surface area contributed by atoms with E-state index >= 15 is 0 Å². The molecule has 0 aromatic carbocycles. The van der Waals surface area contributed by atoms with Crippen molar-refractivity contribution in [2.24, 2.45) is 0 Å². The summed E-state index contributed by atoms with van der Waals surface area (Å²) in [6.45, 7) is 4.65. The van der Waals surface area contributed by atoms with Crippen molar-refractivity contribution in [1.29, 1.82) is 0 Å². The predicted octanol–water partition coefficient (Wildman–Crippen LogP) is 1.73. The Labute approximate surface area is 110 Å². The van der Waals surface area contributed by atoms with Crippen LogP contribution in [-0.4, -0.2) is 51.1 Å². The van der Waals surface area contributed by atoms with E-state index in [0.29, 0.717) is 23.7 Å². The Kier molecular flexibility index (Phi) is 3.41. The van der Waals surface area contributed by atoms with Crippen molar-refractivity contribution in [2.75, 3.05) is 20.7 Å². The second kappa shape index (κ2) is 4.70. The molecule has 0 bridgehead atoms. The quantitative estimate of drug-likeness (QED) is 0.856. The number of hydrogen-bond acceptors (Lipinski definition) is 5. The van der Waals surface area contributed by atoms with Crippen molar-refractivity contribution in [3.8, 4) is 5.88 Å². The number of aromatic nitrogens is 4. The van der Waals surface area contributed by atoms with Crippen LogP contribution in [0, 0.1) is 0 Å². The lowest BCUT2D eigenvalue weighted by molar-refractivity contribution is 0.112. The topological polar surface area (TPSA) is 66.9 Å². The first kappa shape index (κ1) is 13.0. The van der Waals surface area contributed by atoms with Gasteiger partial charge in [0, 0.05) is 5.54 Å². The third-order valence-corrected chi connectivity index (χ3v) is 3.17. The van der Waals surface area contributed by atoms with Crippen molar-refractivity contribution >= 4 is 22.8 Å². The summed E-state index contributed by atoms with van der Waals surface area (Å²) in [7, 11) is 4.00. The van der Waals surface area contributed by atoms with Crippen LogP contribution in [0.3, 0.4) is 0 Å². The van der Waals surface area contributed by atoms with Gasteiger partial charge < -0.3 is 14.6 Å². The number of rotatable bonds is 4. The van der Waals surface area contributed by atoms with E-state index < -0.39 is 0 Å². The van der Waals surface area contributed by atoms with E-state index in [2.05, 4.69) is 38.7 Å². The number of H-pyrrole nitrogens is 1. The van der Waals surface area contributed by atoms with Gasteiger partial charge in [-0.3, -0.25) is 0 Å². The summed E-state index contributed by atoms with van der Waals surface area (Å²) in [6, 6.07) is 0. The van der Waals surface area contributed by atoms with E-state index in [0.717, 1.165) is 0 Å². The Hall–Kier alpha value is -1.40. The largest absolute Gasteiger partial charge is 0.474 e. The normalized spacial score (nSPS) is 12.3. The third-order valence-electron chi connectivity index (χ3n) is 3.00. The molecule has 0 atom stereocenters. The predicted molar refractivity (Wildman–Crippen MR) is 70.0 cm³/mol.